The summed E-state index contributed by atoms with van der Waals surface area (Å²) in [5, 5.41) is 12.6. The number of urea groups is 1. The Morgan fingerprint density at radius 3 is 2.54 bits per heavy atom. The number of hydrogen-bond acceptors (Lipinski definition) is 9. The highest BCUT2D eigenvalue weighted by Gasteiger charge is 2.57. The number of amides is 4. The van der Waals surface area contributed by atoms with Gasteiger partial charge in [0, 0.05) is 31.9 Å². The van der Waals surface area contributed by atoms with Crippen LogP contribution in [-0.2, 0) is 22.7 Å². The van der Waals surface area contributed by atoms with Gasteiger partial charge in [-0.05, 0) is 54.3 Å². The summed E-state index contributed by atoms with van der Waals surface area (Å²) in [6.07, 6.45) is 4.17. The van der Waals surface area contributed by atoms with Crippen molar-refractivity contribution in [3.05, 3.63) is 66.0 Å². The monoisotopic (exact) mass is 471 g/mol. The Hall–Kier alpha value is -4.54. The second-order valence-corrected chi connectivity index (χ2v) is 8.68. The van der Waals surface area contributed by atoms with E-state index in [1.807, 2.05) is 30.3 Å². The van der Waals surface area contributed by atoms with Crippen molar-refractivity contribution in [2.45, 2.75) is 31.5 Å². The number of nitrogens with one attached hydrogen (secondary N) is 2. The number of nitrogens with zero attached hydrogens (tertiary/aromatic N) is 5. The number of ether oxygens (including phenoxy) is 1. The molecule has 2 fully saturated rings. The molecule has 4 amide bonds. The SMILES string of the molecule is O=C1NC(=O)C2(CCCN2c2ccc(Oc3ccc4c(c3)CN(c3cccnn3)C4)nc2)C(=O)N1. The van der Waals surface area contributed by atoms with Gasteiger partial charge in [0.1, 0.15) is 5.75 Å². The van der Waals surface area contributed by atoms with E-state index in [1.165, 1.54) is 5.56 Å². The van der Waals surface area contributed by atoms with Crippen LogP contribution >= 0.6 is 0 Å². The van der Waals surface area contributed by atoms with E-state index in [0.29, 0.717) is 43.2 Å². The molecule has 1 aromatic carbocycles. The highest BCUT2D eigenvalue weighted by molar-refractivity contribution is 6.24. The topological polar surface area (TPSA) is 130 Å². The molecule has 3 aromatic rings. The third-order valence-electron chi connectivity index (χ3n) is 6.62. The Morgan fingerprint density at radius 2 is 1.80 bits per heavy atom. The van der Waals surface area contributed by atoms with E-state index >= 15 is 0 Å². The van der Waals surface area contributed by atoms with Crippen molar-refractivity contribution in [3.63, 3.8) is 0 Å². The van der Waals surface area contributed by atoms with Gasteiger partial charge in [0.25, 0.3) is 11.8 Å². The summed E-state index contributed by atoms with van der Waals surface area (Å²) in [6, 6.07) is 12.4. The molecule has 0 radical (unpaired) electrons. The largest absolute Gasteiger partial charge is 0.439 e. The van der Waals surface area contributed by atoms with Gasteiger partial charge in [0.15, 0.2) is 11.4 Å². The second kappa shape index (κ2) is 8.05. The Morgan fingerprint density at radius 1 is 0.971 bits per heavy atom. The van der Waals surface area contributed by atoms with Crippen molar-refractivity contribution in [2.75, 3.05) is 16.3 Å². The number of fused-ring (bicyclic) bond motifs is 1. The van der Waals surface area contributed by atoms with Crippen LogP contribution in [0.5, 0.6) is 11.6 Å². The molecule has 2 saturated heterocycles. The summed E-state index contributed by atoms with van der Waals surface area (Å²) in [6.45, 7) is 1.96. The van der Waals surface area contributed by atoms with Crippen molar-refractivity contribution < 1.29 is 19.1 Å². The quantitative estimate of drug-likeness (QED) is 0.548. The first-order valence-corrected chi connectivity index (χ1v) is 11.3. The molecule has 3 aliphatic heterocycles. The lowest BCUT2D eigenvalue weighted by Gasteiger charge is -2.38. The number of carbonyl (C=O) groups is 3. The molecule has 11 nitrogen and oxygen atoms in total. The summed E-state index contributed by atoms with van der Waals surface area (Å²) in [5.74, 6) is 0.647. The minimum absolute atomic E-state index is 0.316. The van der Waals surface area contributed by atoms with Crippen molar-refractivity contribution in [2.24, 2.45) is 0 Å². The fraction of sp³-hybridized carbons (Fsp3) is 0.250. The summed E-state index contributed by atoms with van der Waals surface area (Å²) < 4.78 is 5.98. The number of benzene rings is 1. The molecule has 5 heterocycles. The number of rotatable bonds is 4. The highest BCUT2D eigenvalue weighted by Crippen LogP contribution is 2.37. The minimum Gasteiger partial charge on any atom is -0.439 e. The maximum atomic E-state index is 12.6. The molecular weight excluding hydrogens is 450 g/mol. The molecule has 0 aliphatic carbocycles. The molecule has 0 saturated carbocycles. The van der Waals surface area contributed by atoms with Gasteiger partial charge in [-0.15, -0.1) is 5.10 Å². The Labute approximate surface area is 200 Å². The van der Waals surface area contributed by atoms with Crippen molar-refractivity contribution in [1.29, 1.82) is 0 Å². The molecule has 1 spiro atoms. The fourth-order valence-electron chi connectivity index (χ4n) is 4.96. The lowest BCUT2D eigenvalue weighted by atomic mass is 9.92. The van der Waals surface area contributed by atoms with E-state index in [2.05, 4.69) is 30.7 Å². The average Bonchev–Trinajstić information content (AvgIpc) is 3.49. The van der Waals surface area contributed by atoms with Gasteiger partial charge in [-0.25, -0.2) is 9.78 Å². The molecule has 0 bridgehead atoms. The van der Waals surface area contributed by atoms with Gasteiger partial charge in [-0.3, -0.25) is 20.2 Å². The number of pyridine rings is 1. The number of barbiturate groups is 1. The highest BCUT2D eigenvalue weighted by atomic mass is 16.5. The molecule has 2 aromatic heterocycles. The van der Waals surface area contributed by atoms with Crippen LogP contribution in [0.3, 0.4) is 0 Å². The van der Waals surface area contributed by atoms with Crippen LogP contribution < -0.4 is 25.2 Å². The van der Waals surface area contributed by atoms with E-state index in [9.17, 15) is 14.4 Å². The predicted octanol–water partition coefficient (Wildman–Crippen LogP) is 1.89. The molecule has 176 valence electrons. The van der Waals surface area contributed by atoms with Gasteiger partial charge < -0.3 is 14.5 Å². The smallest absolute Gasteiger partial charge is 0.328 e. The van der Waals surface area contributed by atoms with Gasteiger partial charge in [-0.1, -0.05) is 6.07 Å². The van der Waals surface area contributed by atoms with E-state index in [0.717, 1.165) is 17.9 Å². The lowest BCUT2D eigenvalue weighted by molar-refractivity contribution is -0.137. The van der Waals surface area contributed by atoms with Gasteiger partial charge in [-0.2, -0.15) is 5.10 Å². The fourth-order valence-corrected chi connectivity index (χ4v) is 4.96. The predicted molar refractivity (Wildman–Crippen MR) is 124 cm³/mol. The number of anilines is 2. The van der Waals surface area contributed by atoms with E-state index in [-0.39, 0.29) is 0 Å². The third-order valence-corrected chi connectivity index (χ3v) is 6.62. The molecule has 0 atom stereocenters. The van der Waals surface area contributed by atoms with Gasteiger partial charge >= 0.3 is 6.03 Å². The maximum Gasteiger partial charge on any atom is 0.328 e. The number of aromatic nitrogens is 3. The van der Waals surface area contributed by atoms with Crippen LogP contribution in [0.15, 0.2) is 54.9 Å². The van der Waals surface area contributed by atoms with Crippen molar-refractivity contribution in [3.8, 4) is 11.6 Å². The zero-order valence-electron chi connectivity index (χ0n) is 18.6. The molecule has 6 rings (SSSR count). The number of imide groups is 2. The second-order valence-electron chi connectivity index (χ2n) is 8.68. The molecule has 3 aliphatic rings. The molecule has 11 heteroatoms. The molecule has 2 N–H and O–H groups in total. The van der Waals surface area contributed by atoms with Crippen molar-refractivity contribution in [1.82, 2.24) is 25.8 Å². The summed E-state index contributed by atoms with van der Waals surface area (Å²) in [5.41, 5.74) is 1.50. The van der Waals surface area contributed by atoms with E-state index in [4.69, 9.17) is 4.74 Å². The van der Waals surface area contributed by atoms with Gasteiger partial charge in [0.2, 0.25) is 5.88 Å². The first-order valence-electron chi connectivity index (χ1n) is 11.3. The van der Waals surface area contributed by atoms with Crippen LogP contribution in [0.4, 0.5) is 16.3 Å². The van der Waals surface area contributed by atoms with Crippen LogP contribution in [0, 0.1) is 0 Å². The average molecular weight is 471 g/mol. The van der Waals surface area contributed by atoms with E-state index in [1.54, 1.807) is 29.4 Å². The normalized spacial score (nSPS) is 18.5. The van der Waals surface area contributed by atoms with Crippen LogP contribution in [-0.4, -0.2) is 45.1 Å². The number of hydrogen-bond donors (Lipinski definition) is 2. The zero-order valence-corrected chi connectivity index (χ0v) is 18.6. The molecular formula is C24H21N7O4. The Balaban J connectivity index is 1.18. The number of carbonyl (C=O) groups excluding carboxylic acids is 3. The van der Waals surface area contributed by atoms with Crippen LogP contribution in [0.1, 0.15) is 24.0 Å². The third kappa shape index (κ3) is 3.52. The lowest BCUT2D eigenvalue weighted by Crippen LogP contribution is -2.71. The van der Waals surface area contributed by atoms with Crippen LogP contribution in [0.25, 0.3) is 0 Å². The van der Waals surface area contributed by atoms with Crippen molar-refractivity contribution >= 4 is 29.4 Å². The van der Waals surface area contributed by atoms with Crippen LogP contribution in [0.2, 0.25) is 0 Å². The summed E-state index contributed by atoms with van der Waals surface area (Å²) in [4.78, 5) is 45.1. The van der Waals surface area contributed by atoms with E-state index < -0.39 is 23.4 Å². The Bertz CT molecular complexity index is 1310. The minimum atomic E-state index is -1.45. The molecule has 0 unspecified atom stereocenters. The zero-order chi connectivity index (χ0) is 24.0. The molecule has 35 heavy (non-hydrogen) atoms. The van der Waals surface area contributed by atoms with Gasteiger partial charge in [0.05, 0.1) is 11.9 Å². The summed E-state index contributed by atoms with van der Waals surface area (Å²) >= 11 is 0. The first-order chi connectivity index (χ1) is 17.0. The summed E-state index contributed by atoms with van der Waals surface area (Å²) in [7, 11) is 0. The first kappa shape index (κ1) is 21.0. The standard InChI is InChI=1S/C24H21N7O4/c32-21-24(22(33)28-23(34)27-21)8-2-10-31(24)17-5-7-20(25-12-17)35-18-6-4-15-13-30(14-16(15)11-18)19-3-1-9-26-29-19/h1,3-7,9,11-12H,2,8,10,13-14H2,(H2,27,28,32,33,34). The Kier molecular flexibility index (Phi) is 4.83. The maximum absolute atomic E-state index is 12.6.